The third kappa shape index (κ3) is 2.75. The zero-order valence-electron chi connectivity index (χ0n) is 11.7. The van der Waals surface area contributed by atoms with Crippen LogP contribution in [0.2, 0.25) is 0 Å². The molecule has 0 atom stereocenters. The van der Waals surface area contributed by atoms with Gasteiger partial charge in [-0.2, -0.15) is 14.5 Å². The van der Waals surface area contributed by atoms with Gasteiger partial charge >= 0.3 is 5.69 Å². The molecule has 0 fully saturated rings. The fraction of sp³-hybridized carbons (Fsp3) is 0.231. The van der Waals surface area contributed by atoms with E-state index in [4.69, 9.17) is 0 Å². The molecule has 3 aromatic rings. The highest BCUT2D eigenvalue weighted by atomic mass is 32.2. The van der Waals surface area contributed by atoms with Crippen LogP contribution in [0.3, 0.4) is 0 Å². The van der Waals surface area contributed by atoms with Gasteiger partial charge in [-0.3, -0.25) is 4.68 Å². The zero-order valence-corrected chi connectivity index (χ0v) is 12.5. The summed E-state index contributed by atoms with van der Waals surface area (Å²) in [4.78, 5) is 12.0. The summed E-state index contributed by atoms with van der Waals surface area (Å²) < 4.78 is 4.29. The van der Waals surface area contributed by atoms with Crippen molar-refractivity contribution in [2.24, 2.45) is 14.1 Å². The predicted octanol–water partition coefficient (Wildman–Crippen LogP) is 0.992. The van der Waals surface area contributed by atoms with E-state index in [0.717, 1.165) is 16.3 Å². The molecule has 21 heavy (non-hydrogen) atoms. The minimum Gasteiger partial charge on any atom is -0.275 e. The Morgan fingerprint density at radius 3 is 2.62 bits per heavy atom. The molecule has 0 unspecified atom stereocenters. The van der Waals surface area contributed by atoms with Crippen LogP contribution in [0.15, 0.2) is 46.3 Å². The number of hydrogen-bond acceptors (Lipinski definition) is 5. The molecule has 0 bridgehead atoms. The van der Waals surface area contributed by atoms with E-state index in [-0.39, 0.29) is 5.69 Å². The van der Waals surface area contributed by atoms with Gasteiger partial charge in [0.1, 0.15) is 5.03 Å². The molecule has 0 aliphatic heterocycles. The Hall–Kier alpha value is -2.35. The summed E-state index contributed by atoms with van der Waals surface area (Å²) in [6, 6.07) is 9.63. The fourth-order valence-corrected chi connectivity index (χ4v) is 2.82. The lowest BCUT2D eigenvalue weighted by molar-refractivity contribution is 0.692. The Balaban J connectivity index is 1.89. The Morgan fingerprint density at radius 1 is 1.14 bits per heavy atom. The Kier molecular flexibility index (Phi) is 3.61. The van der Waals surface area contributed by atoms with Gasteiger partial charge < -0.3 is 0 Å². The topological polar surface area (TPSA) is 70.5 Å². The van der Waals surface area contributed by atoms with Gasteiger partial charge in [-0.25, -0.2) is 4.79 Å². The molecule has 1 aromatic carbocycles. The summed E-state index contributed by atoms with van der Waals surface area (Å²) in [7, 11) is 3.47. The van der Waals surface area contributed by atoms with E-state index in [1.54, 1.807) is 23.5 Å². The number of benzene rings is 1. The summed E-state index contributed by atoms with van der Waals surface area (Å²) in [5.74, 6) is 0.705. The van der Waals surface area contributed by atoms with Crippen LogP contribution in [-0.2, 0) is 19.8 Å². The molecule has 0 aliphatic carbocycles. The standard InChI is InChI=1S/C13H14N6OS/c1-17-8-7-12(14-17)21-9-10-5-3-4-6-11(10)19-13(20)18(2)15-16-19/h3-8H,9H2,1-2H3. The van der Waals surface area contributed by atoms with E-state index in [0.29, 0.717) is 5.75 Å². The molecule has 2 aromatic heterocycles. The SMILES string of the molecule is Cn1ccc(SCc2ccccc2-n2nnn(C)c2=O)n1. The molecule has 0 saturated carbocycles. The molecule has 0 N–H and O–H groups in total. The monoisotopic (exact) mass is 302 g/mol. The largest absolute Gasteiger partial charge is 0.368 e. The molecule has 0 spiro atoms. The number of thioether (sulfide) groups is 1. The summed E-state index contributed by atoms with van der Waals surface area (Å²) in [5.41, 5.74) is 1.50. The Labute approximate surface area is 125 Å². The fourth-order valence-electron chi connectivity index (χ4n) is 1.93. The van der Waals surface area contributed by atoms with Gasteiger partial charge in [-0.1, -0.05) is 30.0 Å². The molecular weight excluding hydrogens is 288 g/mol. The number of tetrazole rings is 1. The van der Waals surface area contributed by atoms with Gasteiger partial charge in [0.05, 0.1) is 5.69 Å². The van der Waals surface area contributed by atoms with Crippen LogP contribution < -0.4 is 5.69 Å². The van der Waals surface area contributed by atoms with Crippen molar-refractivity contribution in [2.45, 2.75) is 10.8 Å². The number of hydrogen-bond donors (Lipinski definition) is 0. The highest BCUT2D eigenvalue weighted by molar-refractivity contribution is 7.98. The lowest BCUT2D eigenvalue weighted by Crippen LogP contribution is -2.22. The van der Waals surface area contributed by atoms with Crippen molar-refractivity contribution in [3.8, 4) is 5.69 Å². The highest BCUT2D eigenvalue weighted by Crippen LogP contribution is 2.23. The quantitative estimate of drug-likeness (QED) is 0.672. The maximum atomic E-state index is 12.0. The first-order valence-electron chi connectivity index (χ1n) is 6.35. The van der Waals surface area contributed by atoms with Crippen molar-refractivity contribution in [1.82, 2.24) is 29.6 Å². The molecule has 7 nitrogen and oxygen atoms in total. The Morgan fingerprint density at radius 2 is 1.95 bits per heavy atom. The number of rotatable bonds is 4. The van der Waals surface area contributed by atoms with Gasteiger partial charge in [0.2, 0.25) is 0 Å². The van der Waals surface area contributed by atoms with E-state index in [2.05, 4.69) is 15.5 Å². The van der Waals surface area contributed by atoms with Crippen molar-refractivity contribution in [1.29, 1.82) is 0 Å². The average molecular weight is 302 g/mol. The number of aromatic nitrogens is 6. The van der Waals surface area contributed by atoms with Crippen molar-refractivity contribution < 1.29 is 0 Å². The van der Waals surface area contributed by atoms with E-state index in [1.807, 2.05) is 43.6 Å². The molecule has 0 aliphatic rings. The van der Waals surface area contributed by atoms with Gasteiger partial charge in [0.25, 0.3) is 0 Å². The van der Waals surface area contributed by atoms with Crippen LogP contribution in [0.1, 0.15) is 5.56 Å². The summed E-state index contributed by atoms with van der Waals surface area (Å²) in [6.45, 7) is 0. The van der Waals surface area contributed by atoms with Crippen molar-refractivity contribution >= 4 is 11.8 Å². The zero-order chi connectivity index (χ0) is 14.8. The first-order chi connectivity index (χ1) is 10.1. The predicted molar refractivity (Wildman–Crippen MR) is 79.4 cm³/mol. The highest BCUT2D eigenvalue weighted by Gasteiger charge is 2.11. The number of aryl methyl sites for hydroxylation is 2. The second kappa shape index (κ2) is 5.57. The first kappa shape index (κ1) is 13.6. The van der Waals surface area contributed by atoms with Crippen LogP contribution in [0.5, 0.6) is 0 Å². The van der Waals surface area contributed by atoms with Gasteiger partial charge in [-0.05, 0) is 28.1 Å². The number of para-hydroxylation sites is 1. The van der Waals surface area contributed by atoms with Gasteiger partial charge in [0.15, 0.2) is 0 Å². The van der Waals surface area contributed by atoms with Crippen molar-refractivity contribution in [2.75, 3.05) is 0 Å². The summed E-state index contributed by atoms with van der Waals surface area (Å²) >= 11 is 1.61. The maximum Gasteiger partial charge on any atom is 0.368 e. The lowest BCUT2D eigenvalue weighted by Gasteiger charge is -2.06. The molecular formula is C13H14N6OS. The third-order valence-electron chi connectivity index (χ3n) is 3.01. The second-order valence-corrected chi connectivity index (χ2v) is 5.54. The van der Waals surface area contributed by atoms with Gasteiger partial charge in [-0.15, -0.1) is 0 Å². The van der Waals surface area contributed by atoms with Crippen LogP contribution in [0.4, 0.5) is 0 Å². The molecule has 0 radical (unpaired) electrons. The van der Waals surface area contributed by atoms with E-state index < -0.39 is 0 Å². The molecule has 8 heteroatoms. The molecule has 0 amide bonds. The average Bonchev–Trinajstić information content (AvgIpc) is 3.04. The second-order valence-electron chi connectivity index (χ2n) is 4.54. The molecule has 108 valence electrons. The Bertz CT molecular complexity index is 818. The molecule has 0 saturated heterocycles. The third-order valence-corrected chi connectivity index (χ3v) is 3.97. The van der Waals surface area contributed by atoms with Crippen LogP contribution >= 0.6 is 11.8 Å². The minimum atomic E-state index is -0.259. The van der Waals surface area contributed by atoms with Crippen LogP contribution in [-0.4, -0.2) is 29.6 Å². The maximum absolute atomic E-state index is 12.0. The minimum absolute atomic E-state index is 0.259. The van der Waals surface area contributed by atoms with Crippen LogP contribution in [0, 0.1) is 0 Å². The normalized spacial score (nSPS) is 11.0. The summed E-state index contributed by atoms with van der Waals surface area (Å²) in [6.07, 6.45) is 1.90. The number of nitrogens with zero attached hydrogens (tertiary/aromatic N) is 6. The van der Waals surface area contributed by atoms with Crippen molar-refractivity contribution in [3.05, 3.63) is 52.6 Å². The van der Waals surface area contributed by atoms with Gasteiger partial charge in [0, 0.05) is 26.0 Å². The molecule has 2 heterocycles. The smallest absolute Gasteiger partial charge is 0.275 e. The first-order valence-corrected chi connectivity index (χ1v) is 7.33. The van der Waals surface area contributed by atoms with E-state index in [1.165, 1.54) is 9.36 Å². The van der Waals surface area contributed by atoms with E-state index in [9.17, 15) is 4.79 Å². The lowest BCUT2D eigenvalue weighted by atomic mass is 10.2. The van der Waals surface area contributed by atoms with Crippen molar-refractivity contribution in [3.63, 3.8) is 0 Å². The van der Waals surface area contributed by atoms with E-state index >= 15 is 0 Å². The summed E-state index contributed by atoms with van der Waals surface area (Å²) in [5, 5.41) is 12.9. The molecule has 3 rings (SSSR count). The van der Waals surface area contributed by atoms with Crippen LogP contribution in [0.25, 0.3) is 5.69 Å².